The number of hydrogen-bond donors (Lipinski definition) is 0. The number of aryl methyl sites for hydroxylation is 1. The largest absolute Gasteiger partial charge is 0.429 e. The molecule has 7 heteroatoms. The zero-order valence-electron chi connectivity index (χ0n) is 7.10. The van der Waals surface area contributed by atoms with Crippen LogP contribution >= 0.6 is 11.6 Å². The minimum atomic E-state index is -0.641. The van der Waals surface area contributed by atoms with Crippen LogP contribution in [0.3, 0.4) is 0 Å². The zero-order chi connectivity index (χ0) is 9.84. The van der Waals surface area contributed by atoms with Crippen molar-refractivity contribution in [2.75, 3.05) is 0 Å². The first kappa shape index (κ1) is 9.91. The van der Waals surface area contributed by atoms with Gasteiger partial charge in [-0.25, -0.2) is 4.68 Å². The molecule has 0 radical (unpaired) electrons. The Hall–Kier alpha value is -1.17. The Morgan fingerprint density at radius 3 is 2.85 bits per heavy atom. The lowest BCUT2D eigenvalue weighted by Crippen LogP contribution is -2.00. The van der Waals surface area contributed by atoms with E-state index in [1.807, 2.05) is 6.92 Å². The number of unbranched alkanes of at least 4 members (excludes halogenated alkanes) is 1. The number of nitro groups is 1. The molecule has 1 aromatic rings. The molecule has 0 saturated carbocycles. The van der Waals surface area contributed by atoms with Crippen molar-refractivity contribution in [2.24, 2.45) is 0 Å². The molecule has 0 N–H and O–H groups in total. The molecule has 0 bridgehead atoms. The van der Waals surface area contributed by atoms with Gasteiger partial charge in [0.15, 0.2) is 0 Å². The third-order valence-electron chi connectivity index (χ3n) is 1.55. The molecule has 1 heterocycles. The van der Waals surface area contributed by atoms with Crippen LogP contribution in [-0.4, -0.2) is 19.9 Å². The maximum atomic E-state index is 10.3. The molecule has 6 nitrogen and oxygen atoms in total. The van der Waals surface area contributed by atoms with Crippen LogP contribution in [0.2, 0.25) is 5.15 Å². The van der Waals surface area contributed by atoms with E-state index in [0.29, 0.717) is 6.54 Å². The Morgan fingerprint density at radius 1 is 1.69 bits per heavy atom. The van der Waals surface area contributed by atoms with E-state index in [1.54, 1.807) is 0 Å². The van der Waals surface area contributed by atoms with Gasteiger partial charge in [0.05, 0.1) is 5.21 Å². The maximum Gasteiger partial charge on any atom is 0.429 e. The Morgan fingerprint density at radius 2 is 2.38 bits per heavy atom. The first-order valence-corrected chi connectivity index (χ1v) is 4.28. The Balaban J connectivity index is 2.80. The standard InChI is InChI=1S/C6H9ClN4O2/c1-2-3-4-10-5(7)6(8-9-10)11(12)13/h2-4H2,1H3. The summed E-state index contributed by atoms with van der Waals surface area (Å²) in [6, 6.07) is 0. The van der Waals surface area contributed by atoms with Gasteiger partial charge < -0.3 is 10.1 Å². The average molecular weight is 205 g/mol. The fourth-order valence-electron chi connectivity index (χ4n) is 0.855. The van der Waals surface area contributed by atoms with Crippen molar-refractivity contribution >= 4 is 17.4 Å². The summed E-state index contributed by atoms with van der Waals surface area (Å²) in [5.74, 6) is -0.377. The van der Waals surface area contributed by atoms with Crippen molar-refractivity contribution in [1.82, 2.24) is 15.0 Å². The predicted molar refractivity (Wildman–Crippen MR) is 46.6 cm³/mol. The lowest BCUT2D eigenvalue weighted by atomic mass is 10.3. The number of nitrogens with zero attached hydrogens (tertiary/aromatic N) is 4. The molecule has 0 saturated heterocycles. The van der Waals surface area contributed by atoms with Crippen molar-refractivity contribution < 1.29 is 4.92 Å². The normalized spacial score (nSPS) is 10.3. The average Bonchev–Trinajstić information content (AvgIpc) is 2.43. The minimum absolute atomic E-state index is 0.00144. The van der Waals surface area contributed by atoms with Crippen LogP contribution in [0.15, 0.2) is 0 Å². The number of hydrogen-bond acceptors (Lipinski definition) is 4. The summed E-state index contributed by atoms with van der Waals surface area (Å²) in [6.07, 6.45) is 1.85. The van der Waals surface area contributed by atoms with Crippen LogP contribution in [0.25, 0.3) is 0 Å². The van der Waals surface area contributed by atoms with Gasteiger partial charge in [-0.1, -0.05) is 24.9 Å². The van der Waals surface area contributed by atoms with E-state index < -0.39 is 4.92 Å². The van der Waals surface area contributed by atoms with E-state index in [4.69, 9.17) is 11.6 Å². The second kappa shape index (κ2) is 4.18. The second-order valence-corrected chi connectivity index (χ2v) is 2.90. The highest BCUT2D eigenvalue weighted by atomic mass is 35.5. The fourth-order valence-corrected chi connectivity index (χ4v) is 1.08. The molecule has 0 aromatic carbocycles. The lowest BCUT2D eigenvalue weighted by molar-refractivity contribution is -0.389. The van der Waals surface area contributed by atoms with Gasteiger partial charge in [-0.15, -0.1) is 0 Å². The SMILES string of the molecule is CCCCn1nnc([N+](=O)[O-])c1Cl. The maximum absolute atomic E-state index is 10.3. The molecule has 0 amide bonds. The third kappa shape index (κ3) is 2.15. The van der Waals surface area contributed by atoms with Crippen molar-refractivity contribution in [2.45, 2.75) is 26.3 Å². The summed E-state index contributed by atoms with van der Waals surface area (Å²) in [5.41, 5.74) is 0. The quantitative estimate of drug-likeness (QED) is 0.552. The van der Waals surface area contributed by atoms with Crippen LogP contribution in [-0.2, 0) is 6.54 Å². The van der Waals surface area contributed by atoms with E-state index in [0.717, 1.165) is 12.8 Å². The lowest BCUT2D eigenvalue weighted by Gasteiger charge is -1.96. The molecule has 72 valence electrons. The van der Waals surface area contributed by atoms with Gasteiger partial charge in [-0.3, -0.25) is 0 Å². The van der Waals surface area contributed by atoms with E-state index in [1.165, 1.54) is 4.68 Å². The van der Waals surface area contributed by atoms with Gasteiger partial charge in [0.2, 0.25) is 5.15 Å². The number of halogens is 1. The van der Waals surface area contributed by atoms with Crippen LogP contribution in [0.5, 0.6) is 0 Å². The van der Waals surface area contributed by atoms with Crippen molar-refractivity contribution in [3.05, 3.63) is 15.3 Å². The van der Waals surface area contributed by atoms with Crippen LogP contribution in [0, 0.1) is 10.1 Å². The van der Waals surface area contributed by atoms with Crippen molar-refractivity contribution in [3.63, 3.8) is 0 Å². The summed E-state index contributed by atoms with van der Waals surface area (Å²) < 4.78 is 1.34. The van der Waals surface area contributed by atoms with Gasteiger partial charge in [0, 0.05) is 6.54 Å². The highest BCUT2D eigenvalue weighted by molar-refractivity contribution is 6.31. The monoisotopic (exact) mass is 204 g/mol. The molecule has 1 aromatic heterocycles. The first-order chi connectivity index (χ1) is 6.16. The fraction of sp³-hybridized carbons (Fsp3) is 0.667. The number of aromatic nitrogens is 3. The van der Waals surface area contributed by atoms with Crippen LogP contribution in [0.4, 0.5) is 5.82 Å². The molecule has 0 fully saturated rings. The smallest absolute Gasteiger partial charge is 0.358 e. The Labute approximate surface area is 79.6 Å². The van der Waals surface area contributed by atoms with Crippen LogP contribution < -0.4 is 0 Å². The summed E-state index contributed by atoms with van der Waals surface area (Å²) in [7, 11) is 0. The molecule has 0 spiro atoms. The summed E-state index contributed by atoms with van der Waals surface area (Å²) in [6.45, 7) is 2.58. The zero-order valence-corrected chi connectivity index (χ0v) is 7.86. The Bertz CT molecular complexity index is 312. The van der Waals surface area contributed by atoms with E-state index in [2.05, 4.69) is 10.3 Å². The molecule has 0 atom stereocenters. The molecule has 0 aliphatic rings. The predicted octanol–water partition coefficient (Wildman–Crippen LogP) is 1.64. The van der Waals surface area contributed by atoms with E-state index in [9.17, 15) is 10.1 Å². The van der Waals surface area contributed by atoms with E-state index >= 15 is 0 Å². The topological polar surface area (TPSA) is 73.8 Å². The second-order valence-electron chi connectivity index (χ2n) is 2.54. The summed E-state index contributed by atoms with van der Waals surface area (Å²) >= 11 is 5.65. The molecule has 1 rings (SSSR count). The summed E-state index contributed by atoms with van der Waals surface area (Å²) in [5, 5.41) is 17.2. The minimum Gasteiger partial charge on any atom is -0.358 e. The van der Waals surface area contributed by atoms with E-state index in [-0.39, 0.29) is 11.0 Å². The van der Waals surface area contributed by atoms with Gasteiger partial charge >= 0.3 is 5.82 Å². The van der Waals surface area contributed by atoms with Crippen molar-refractivity contribution in [1.29, 1.82) is 0 Å². The van der Waals surface area contributed by atoms with Gasteiger partial charge in [-0.2, -0.15) is 0 Å². The molecular formula is C6H9ClN4O2. The highest BCUT2D eigenvalue weighted by Gasteiger charge is 2.21. The Kier molecular flexibility index (Phi) is 3.18. The van der Waals surface area contributed by atoms with Gasteiger partial charge in [0.1, 0.15) is 5.10 Å². The summed E-state index contributed by atoms with van der Waals surface area (Å²) in [4.78, 5) is 9.67. The molecule has 13 heavy (non-hydrogen) atoms. The third-order valence-corrected chi connectivity index (χ3v) is 1.92. The molecule has 0 unspecified atom stereocenters. The highest BCUT2D eigenvalue weighted by Crippen LogP contribution is 2.20. The van der Waals surface area contributed by atoms with Crippen molar-refractivity contribution in [3.8, 4) is 0 Å². The van der Waals surface area contributed by atoms with Gasteiger partial charge in [-0.05, 0) is 11.3 Å². The van der Waals surface area contributed by atoms with Crippen LogP contribution in [0.1, 0.15) is 19.8 Å². The van der Waals surface area contributed by atoms with Gasteiger partial charge in [0.25, 0.3) is 0 Å². The molecular weight excluding hydrogens is 196 g/mol. The molecule has 0 aliphatic heterocycles. The molecule has 0 aliphatic carbocycles. The first-order valence-electron chi connectivity index (χ1n) is 3.90. The number of rotatable bonds is 4.